The Labute approximate surface area is 119 Å². The number of methoxy groups -OCH3 is 2. The minimum atomic E-state index is -0.186. The van der Waals surface area contributed by atoms with Crippen LogP contribution in [0.5, 0.6) is 11.5 Å². The second-order valence-electron chi connectivity index (χ2n) is 4.82. The van der Waals surface area contributed by atoms with Gasteiger partial charge in [-0.25, -0.2) is 0 Å². The van der Waals surface area contributed by atoms with E-state index in [9.17, 15) is 0 Å². The Morgan fingerprint density at radius 2 is 1.95 bits per heavy atom. The first-order chi connectivity index (χ1) is 9.55. The van der Waals surface area contributed by atoms with Crippen molar-refractivity contribution in [3.63, 3.8) is 0 Å². The van der Waals surface area contributed by atoms with Crippen molar-refractivity contribution in [1.82, 2.24) is 9.78 Å². The van der Waals surface area contributed by atoms with Gasteiger partial charge in [0, 0.05) is 17.3 Å². The van der Waals surface area contributed by atoms with Crippen molar-refractivity contribution < 1.29 is 9.47 Å². The summed E-state index contributed by atoms with van der Waals surface area (Å²) in [5.41, 5.74) is 9.34. The fourth-order valence-corrected chi connectivity index (χ4v) is 2.27. The van der Waals surface area contributed by atoms with E-state index in [0.29, 0.717) is 6.54 Å². The SMILES string of the molecule is COc1ccc(C(N)Cn2nc(C)cc2C)c(OC)c1. The Kier molecular flexibility index (Phi) is 4.29. The van der Waals surface area contributed by atoms with Crippen LogP contribution in [0.2, 0.25) is 0 Å². The van der Waals surface area contributed by atoms with Crippen LogP contribution in [-0.4, -0.2) is 24.0 Å². The second kappa shape index (κ2) is 5.96. The zero-order valence-electron chi connectivity index (χ0n) is 12.4. The smallest absolute Gasteiger partial charge is 0.127 e. The highest BCUT2D eigenvalue weighted by Gasteiger charge is 2.15. The van der Waals surface area contributed by atoms with Gasteiger partial charge in [-0.05, 0) is 26.0 Å². The van der Waals surface area contributed by atoms with Crippen LogP contribution in [-0.2, 0) is 6.54 Å². The number of aryl methyl sites for hydroxylation is 2. The van der Waals surface area contributed by atoms with Gasteiger partial charge in [-0.2, -0.15) is 5.10 Å². The van der Waals surface area contributed by atoms with Crippen molar-refractivity contribution in [2.75, 3.05) is 14.2 Å². The van der Waals surface area contributed by atoms with Crippen LogP contribution in [0.3, 0.4) is 0 Å². The molecule has 0 fully saturated rings. The number of nitrogens with two attached hydrogens (primary N) is 1. The third-order valence-corrected chi connectivity index (χ3v) is 3.31. The molecular formula is C15H21N3O2. The molecule has 0 spiro atoms. The van der Waals surface area contributed by atoms with Crippen LogP contribution in [0.15, 0.2) is 24.3 Å². The summed E-state index contributed by atoms with van der Waals surface area (Å²) >= 11 is 0. The number of nitrogens with zero attached hydrogens (tertiary/aromatic N) is 2. The number of benzene rings is 1. The van der Waals surface area contributed by atoms with Crippen molar-refractivity contribution in [1.29, 1.82) is 0 Å². The Balaban J connectivity index is 2.24. The van der Waals surface area contributed by atoms with Gasteiger partial charge in [0.05, 0.1) is 32.5 Å². The maximum absolute atomic E-state index is 6.29. The first kappa shape index (κ1) is 14.4. The average molecular weight is 275 g/mol. The van der Waals surface area contributed by atoms with Gasteiger partial charge in [0.25, 0.3) is 0 Å². The van der Waals surface area contributed by atoms with Gasteiger partial charge in [0.2, 0.25) is 0 Å². The number of aromatic nitrogens is 2. The molecule has 0 aliphatic rings. The summed E-state index contributed by atoms with van der Waals surface area (Å²) in [5, 5.41) is 4.44. The maximum atomic E-state index is 6.29. The molecule has 1 heterocycles. The molecule has 5 nitrogen and oxygen atoms in total. The lowest BCUT2D eigenvalue weighted by Gasteiger charge is -2.17. The van der Waals surface area contributed by atoms with Gasteiger partial charge < -0.3 is 15.2 Å². The zero-order valence-corrected chi connectivity index (χ0v) is 12.4. The molecule has 0 bridgehead atoms. The van der Waals surface area contributed by atoms with Gasteiger partial charge in [-0.1, -0.05) is 6.07 Å². The Bertz CT molecular complexity index is 593. The van der Waals surface area contributed by atoms with Crippen LogP contribution in [0.4, 0.5) is 0 Å². The van der Waals surface area contributed by atoms with E-state index in [1.54, 1.807) is 14.2 Å². The molecule has 0 radical (unpaired) electrons. The van der Waals surface area contributed by atoms with Gasteiger partial charge in [0.1, 0.15) is 11.5 Å². The summed E-state index contributed by atoms with van der Waals surface area (Å²) < 4.78 is 12.5. The minimum Gasteiger partial charge on any atom is -0.497 e. The van der Waals surface area contributed by atoms with Crippen LogP contribution in [0.1, 0.15) is 23.0 Å². The number of rotatable bonds is 5. The summed E-state index contributed by atoms with van der Waals surface area (Å²) in [5.74, 6) is 1.49. The predicted molar refractivity (Wildman–Crippen MR) is 78.2 cm³/mol. The average Bonchev–Trinajstić information content (AvgIpc) is 2.75. The summed E-state index contributed by atoms with van der Waals surface area (Å²) in [6, 6.07) is 7.52. The monoisotopic (exact) mass is 275 g/mol. The molecule has 1 atom stereocenters. The third-order valence-electron chi connectivity index (χ3n) is 3.31. The quantitative estimate of drug-likeness (QED) is 0.908. The molecule has 1 aromatic carbocycles. The Morgan fingerprint density at radius 3 is 2.50 bits per heavy atom. The van der Waals surface area contributed by atoms with Crippen molar-refractivity contribution in [3.05, 3.63) is 41.2 Å². The molecule has 0 aliphatic carbocycles. The molecule has 20 heavy (non-hydrogen) atoms. The first-order valence-corrected chi connectivity index (χ1v) is 6.53. The van der Waals surface area contributed by atoms with Crippen molar-refractivity contribution >= 4 is 0 Å². The minimum absolute atomic E-state index is 0.186. The number of hydrogen-bond acceptors (Lipinski definition) is 4. The Hall–Kier alpha value is -2.01. The highest BCUT2D eigenvalue weighted by molar-refractivity contribution is 5.42. The lowest BCUT2D eigenvalue weighted by molar-refractivity contribution is 0.384. The van der Waals surface area contributed by atoms with Crippen LogP contribution >= 0.6 is 0 Å². The van der Waals surface area contributed by atoms with E-state index in [-0.39, 0.29) is 6.04 Å². The third kappa shape index (κ3) is 2.93. The van der Waals surface area contributed by atoms with E-state index in [2.05, 4.69) is 5.10 Å². The van der Waals surface area contributed by atoms with Crippen LogP contribution < -0.4 is 15.2 Å². The number of hydrogen-bond donors (Lipinski definition) is 1. The lowest BCUT2D eigenvalue weighted by Crippen LogP contribution is -2.20. The summed E-state index contributed by atoms with van der Waals surface area (Å²) in [4.78, 5) is 0. The second-order valence-corrected chi connectivity index (χ2v) is 4.82. The molecule has 5 heteroatoms. The molecule has 2 aromatic rings. The molecule has 2 rings (SSSR count). The lowest BCUT2D eigenvalue weighted by atomic mass is 10.1. The van der Waals surface area contributed by atoms with Crippen molar-refractivity contribution in [2.24, 2.45) is 5.73 Å². The summed E-state index contributed by atoms with van der Waals surface area (Å²) in [6.07, 6.45) is 0. The summed E-state index contributed by atoms with van der Waals surface area (Å²) in [6.45, 7) is 4.61. The molecule has 0 saturated heterocycles. The first-order valence-electron chi connectivity index (χ1n) is 6.53. The van der Waals surface area contributed by atoms with Crippen LogP contribution in [0, 0.1) is 13.8 Å². The van der Waals surface area contributed by atoms with Crippen LogP contribution in [0.25, 0.3) is 0 Å². The molecule has 0 saturated carbocycles. The maximum Gasteiger partial charge on any atom is 0.127 e. The van der Waals surface area contributed by atoms with Crippen molar-refractivity contribution in [3.8, 4) is 11.5 Å². The zero-order chi connectivity index (χ0) is 14.7. The molecule has 0 amide bonds. The van der Waals surface area contributed by atoms with E-state index >= 15 is 0 Å². The topological polar surface area (TPSA) is 62.3 Å². The highest BCUT2D eigenvalue weighted by Crippen LogP contribution is 2.29. The van der Waals surface area contributed by atoms with E-state index in [1.807, 2.05) is 42.8 Å². The van der Waals surface area contributed by atoms with E-state index in [1.165, 1.54) is 0 Å². The van der Waals surface area contributed by atoms with Gasteiger partial charge >= 0.3 is 0 Å². The molecule has 1 unspecified atom stereocenters. The number of ether oxygens (including phenoxy) is 2. The normalized spacial score (nSPS) is 12.2. The standard InChI is InChI=1S/C15H21N3O2/c1-10-7-11(2)18(17-10)9-14(16)13-6-5-12(19-3)8-15(13)20-4/h5-8,14H,9,16H2,1-4H3. The fourth-order valence-electron chi connectivity index (χ4n) is 2.27. The Morgan fingerprint density at radius 1 is 1.20 bits per heavy atom. The van der Waals surface area contributed by atoms with Crippen molar-refractivity contribution in [2.45, 2.75) is 26.4 Å². The molecular weight excluding hydrogens is 254 g/mol. The van der Waals surface area contributed by atoms with Gasteiger partial charge in [-0.3, -0.25) is 4.68 Å². The highest BCUT2D eigenvalue weighted by atomic mass is 16.5. The predicted octanol–water partition coefficient (Wildman–Crippen LogP) is 2.22. The van der Waals surface area contributed by atoms with E-state index in [0.717, 1.165) is 28.5 Å². The van der Waals surface area contributed by atoms with Gasteiger partial charge in [0.15, 0.2) is 0 Å². The fraction of sp³-hybridized carbons (Fsp3) is 0.400. The molecule has 108 valence electrons. The van der Waals surface area contributed by atoms with E-state index < -0.39 is 0 Å². The largest absolute Gasteiger partial charge is 0.497 e. The summed E-state index contributed by atoms with van der Waals surface area (Å²) in [7, 11) is 3.26. The molecule has 2 N–H and O–H groups in total. The van der Waals surface area contributed by atoms with Gasteiger partial charge in [-0.15, -0.1) is 0 Å². The molecule has 0 aliphatic heterocycles. The van der Waals surface area contributed by atoms with E-state index in [4.69, 9.17) is 15.2 Å². The molecule has 1 aromatic heterocycles.